The second-order valence-electron chi connectivity index (χ2n) is 3.50. The van der Waals surface area contributed by atoms with Gasteiger partial charge in [-0.05, 0) is 19.8 Å². The first-order valence-electron chi connectivity index (χ1n) is 4.64. The van der Waals surface area contributed by atoms with Gasteiger partial charge in [0.2, 0.25) is 0 Å². The van der Waals surface area contributed by atoms with E-state index < -0.39 is 18.1 Å². The summed E-state index contributed by atoms with van der Waals surface area (Å²) >= 11 is 0. The Kier molecular flexibility index (Phi) is 5.39. The average Bonchev–Trinajstić information content (AvgIpc) is 2.09. The summed E-state index contributed by atoms with van der Waals surface area (Å²) in [5, 5.41) is 0. The molecule has 1 unspecified atom stereocenters. The van der Waals surface area contributed by atoms with Crippen molar-refractivity contribution in [3.8, 4) is 0 Å². The molecule has 15 heavy (non-hydrogen) atoms. The van der Waals surface area contributed by atoms with Crippen LogP contribution < -0.4 is 0 Å². The van der Waals surface area contributed by atoms with Gasteiger partial charge in [-0.25, -0.2) is 4.79 Å². The van der Waals surface area contributed by atoms with Crippen molar-refractivity contribution >= 4 is 5.97 Å². The van der Waals surface area contributed by atoms with Crippen LogP contribution in [0.15, 0.2) is 12.2 Å². The molecule has 0 aromatic heterocycles. The van der Waals surface area contributed by atoms with E-state index in [1.165, 1.54) is 6.92 Å². The molecule has 0 aromatic carbocycles. The van der Waals surface area contributed by atoms with E-state index in [2.05, 4.69) is 11.3 Å². The molecule has 0 saturated carbocycles. The van der Waals surface area contributed by atoms with Crippen molar-refractivity contribution in [3.63, 3.8) is 0 Å². The first-order chi connectivity index (χ1) is 6.75. The average molecular weight is 224 g/mol. The highest BCUT2D eigenvalue weighted by Crippen LogP contribution is 2.28. The quantitative estimate of drug-likeness (QED) is 0.407. The Morgan fingerprint density at radius 3 is 2.40 bits per heavy atom. The van der Waals surface area contributed by atoms with Gasteiger partial charge in [0.15, 0.2) is 0 Å². The molecule has 0 aliphatic rings. The Morgan fingerprint density at radius 2 is 2.00 bits per heavy atom. The van der Waals surface area contributed by atoms with Gasteiger partial charge in [-0.3, -0.25) is 0 Å². The summed E-state index contributed by atoms with van der Waals surface area (Å²) in [7, 11) is 0. The third-order valence-electron chi connectivity index (χ3n) is 1.92. The lowest BCUT2D eigenvalue weighted by Crippen LogP contribution is -2.20. The lowest BCUT2D eigenvalue weighted by Gasteiger charge is -2.14. The number of halogens is 3. The van der Waals surface area contributed by atoms with E-state index in [4.69, 9.17) is 0 Å². The van der Waals surface area contributed by atoms with Crippen LogP contribution in [-0.4, -0.2) is 18.8 Å². The number of carbonyl (C=O) groups is 1. The maximum absolute atomic E-state index is 12.0. The van der Waals surface area contributed by atoms with Crippen LogP contribution in [0.25, 0.3) is 0 Å². The summed E-state index contributed by atoms with van der Waals surface area (Å²) in [6.07, 6.45) is -4.00. The molecule has 0 saturated heterocycles. The second kappa shape index (κ2) is 5.78. The molecule has 2 nitrogen and oxygen atoms in total. The van der Waals surface area contributed by atoms with E-state index >= 15 is 0 Å². The predicted molar refractivity (Wildman–Crippen MR) is 50.2 cm³/mol. The Hall–Kier alpha value is -1.00. The number of rotatable bonds is 5. The molecule has 0 radical (unpaired) electrons. The van der Waals surface area contributed by atoms with Gasteiger partial charge >= 0.3 is 12.1 Å². The van der Waals surface area contributed by atoms with Crippen molar-refractivity contribution < 1.29 is 22.7 Å². The summed E-state index contributed by atoms with van der Waals surface area (Å²) in [4.78, 5) is 10.8. The third kappa shape index (κ3) is 6.14. The van der Waals surface area contributed by atoms with Gasteiger partial charge in [0.25, 0.3) is 0 Å². The normalized spacial score (nSPS) is 13.4. The molecule has 1 atom stereocenters. The summed E-state index contributed by atoms with van der Waals surface area (Å²) in [6, 6.07) is 0. The highest BCUT2D eigenvalue weighted by atomic mass is 19.4. The van der Waals surface area contributed by atoms with Crippen LogP contribution in [0, 0.1) is 5.92 Å². The van der Waals surface area contributed by atoms with Crippen LogP contribution in [0.1, 0.15) is 26.7 Å². The van der Waals surface area contributed by atoms with Crippen molar-refractivity contribution in [2.45, 2.75) is 32.9 Å². The predicted octanol–water partition coefficient (Wildman–Crippen LogP) is 3.08. The maximum atomic E-state index is 12.0. The second-order valence-corrected chi connectivity index (χ2v) is 3.50. The van der Waals surface area contributed by atoms with Crippen LogP contribution in [-0.2, 0) is 9.53 Å². The minimum atomic E-state index is -4.17. The van der Waals surface area contributed by atoms with E-state index in [-0.39, 0.29) is 25.0 Å². The molecule has 0 heterocycles. The van der Waals surface area contributed by atoms with Crippen LogP contribution in [0.5, 0.6) is 0 Å². The molecule has 0 bridgehead atoms. The minimum Gasteiger partial charge on any atom is -0.462 e. The topological polar surface area (TPSA) is 26.3 Å². The fourth-order valence-corrected chi connectivity index (χ4v) is 0.841. The molecule has 0 N–H and O–H groups in total. The van der Waals surface area contributed by atoms with Crippen LogP contribution in [0.4, 0.5) is 13.2 Å². The van der Waals surface area contributed by atoms with Crippen molar-refractivity contribution in [3.05, 3.63) is 12.2 Å². The van der Waals surface area contributed by atoms with E-state index in [1.54, 1.807) is 0 Å². The number of alkyl halides is 3. The largest absolute Gasteiger partial charge is 0.462 e. The van der Waals surface area contributed by atoms with Gasteiger partial charge in [-0.1, -0.05) is 13.5 Å². The van der Waals surface area contributed by atoms with Crippen molar-refractivity contribution in [1.29, 1.82) is 0 Å². The van der Waals surface area contributed by atoms with Gasteiger partial charge < -0.3 is 4.74 Å². The van der Waals surface area contributed by atoms with E-state index in [0.29, 0.717) is 0 Å². The number of hydrogen-bond acceptors (Lipinski definition) is 2. The molecule has 0 aliphatic carbocycles. The summed E-state index contributed by atoms with van der Waals surface area (Å²) < 4.78 is 40.8. The fourth-order valence-electron chi connectivity index (χ4n) is 0.841. The van der Waals surface area contributed by atoms with Gasteiger partial charge in [0, 0.05) is 5.57 Å². The summed E-state index contributed by atoms with van der Waals surface area (Å²) in [5.74, 6) is -1.92. The van der Waals surface area contributed by atoms with Crippen LogP contribution in [0.3, 0.4) is 0 Å². The molecule has 0 aromatic rings. The first-order valence-corrected chi connectivity index (χ1v) is 4.64. The molecule has 88 valence electrons. The van der Waals surface area contributed by atoms with E-state index in [0.717, 1.165) is 6.92 Å². The highest BCUT2D eigenvalue weighted by Gasteiger charge is 2.35. The van der Waals surface area contributed by atoms with E-state index in [1.807, 2.05) is 0 Å². The zero-order chi connectivity index (χ0) is 12.1. The van der Waals surface area contributed by atoms with Gasteiger partial charge in [0.1, 0.15) is 0 Å². The number of ether oxygens (including phenoxy) is 1. The molecule has 0 fully saturated rings. The lowest BCUT2D eigenvalue weighted by atomic mass is 10.1. The molecular weight excluding hydrogens is 209 g/mol. The molecular formula is C10H15F3O2. The third-order valence-corrected chi connectivity index (χ3v) is 1.92. The summed E-state index contributed by atoms with van der Waals surface area (Å²) in [5.41, 5.74) is 0.249. The Morgan fingerprint density at radius 1 is 1.47 bits per heavy atom. The maximum Gasteiger partial charge on any atom is 0.391 e. The standard InChI is InChI=1S/C10H15F3O2/c1-7(2)9(14)15-6-4-5-8(3)10(11,12)13/h8H,1,4-6H2,2-3H3. The SMILES string of the molecule is C=C(C)C(=O)OCCCC(C)C(F)(F)F. The smallest absolute Gasteiger partial charge is 0.391 e. The molecule has 5 heteroatoms. The Bertz CT molecular complexity index is 233. The van der Waals surface area contributed by atoms with Gasteiger partial charge in [-0.2, -0.15) is 13.2 Å². The highest BCUT2D eigenvalue weighted by molar-refractivity contribution is 5.86. The summed E-state index contributed by atoms with van der Waals surface area (Å²) in [6.45, 7) is 5.96. The fraction of sp³-hybridized carbons (Fsp3) is 0.700. The first kappa shape index (κ1) is 14.0. The van der Waals surface area contributed by atoms with Crippen molar-refractivity contribution in [2.24, 2.45) is 5.92 Å². The van der Waals surface area contributed by atoms with Gasteiger partial charge in [-0.15, -0.1) is 0 Å². The molecule has 0 amide bonds. The number of esters is 1. The molecule has 0 spiro atoms. The van der Waals surface area contributed by atoms with Crippen molar-refractivity contribution in [1.82, 2.24) is 0 Å². The van der Waals surface area contributed by atoms with Gasteiger partial charge in [0.05, 0.1) is 12.5 Å². The van der Waals surface area contributed by atoms with Crippen LogP contribution in [0.2, 0.25) is 0 Å². The Labute approximate surface area is 87.1 Å². The zero-order valence-electron chi connectivity index (χ0n) is 8.86. The van der Waals surface area contributed by atoms with Crippen molar-refractivity contribution in [2.75, 3.05) is 6.61 Å². The number of hydrogen-bond donors (Lipinski definition) is 0. The minimum absolute atomic E-state index is 0.00606. The number of carbonyl (C=O) groups excluding carboxylic acids is 1. The monoisotopic (exact) mass is 224 g/mol. The van der Waals surface area contributed by atoms with Crippen LogP contribution >= 0.6 is 0 Å². The lowest BCUT2D eigenvalue weighted by molar-refractivity contribution is -0.172. The Balaban J connectivity index is 3.64. The van der Waals surface area contributed by atoms with E-state index in [9.17, 15) is 18.0 Å². The zero-order valence-corrected chi connectivity index (χ0v) is 8.86. The molecule has 0 aliphatic heterocycles. The molecule has 0 rings (SSSR count).